The zero-order valence-corrected chi connectivity index (χ0v) is 11.5. The van der Waals surface area contributed by atoms with Crippen LogP contribution in [0.5, 0.6) is 0 Å². The molecule has 1 aliphatic rings. The van der Waals surface area contributed by atoms with Gasteiger partial charge in [-0.15, -0.1) is 11.3 Å². The summed E-state index contributed by atoms with van der Waals surface area (Å²) >= 11 is 11.1. The number of hydrogen-bond acceptors (Lipinski definition) is 3. The lowest BCUT2D eigenvalue weighted by molar-refractivity contribution is 0.252. The summed E-state index contributed by atoms with van der Waals surface area (Å²) in [6.07, 6.45) is 2.50. The summed E-state index contributed by atoms with van der Waals surface area (Å²) in [5, 5.41) is 0. The molecule has 84 valence electrons. The lowest BCUT2D eigenvalue weighted by Gasteiger charge is -2.22. The summed E-state index contributed by atoms with van der Waals surface area (Å²) in [4.78, 5) is 3.77. The van der Waals surface area contributed by atoms with Gasteiger partial charge in [-0.2, -0.15) is 0 Å². The number of hydrogen-bond donors (Lipinski definition) is 1. The Balaban J connectivity index is 2.02. The fourth-order valence-corrected chi connectivity index (χ4v) is 3.86. The molecule has 15 heavy (non-hydrogen) atoms. The van der Waals surface area contributed by atoms with Gasteiger partial charge in [-0.1, -0.05) is 11.6 Å². The van der Waals surface area contributed by atoms with Gasteiger partial charge in [0.25, 0.3) is 0 Å². The van der Waals surface area contributed by atoms with Crippen LogP contribution in [0.25, 0.3) is 0 Å². The summed E-state index contributed by atoms with van der Waals surface area (Å²) in [6.45, 7) is 2.91. The number of nitrogens with two attached hydrogens (primary N) is 1. The van der Waals surface area contributed by atoms with Crippen LogP contribution in [-0.4, -0.2) is 24.0 Å². The van der Waals surface area contributed by atoms with E-state index in [4.69, 9.17) is 17.3 Å². The fourth-order valence-electron chi connectivity index (χ4n) is 2.04. The van der Waals surface area contributed by atoms with E-state index in [1.54, 1.807) is 11.3 Å². The van der Waals surface area contributed by atoms with Crippen molar-refractivity contribution in [3.8, 4) is 0 Å². The highest BCUT2D eigenvalue weighted by Crippen LogP contribution is 2.33. The van der Waals surface area contributed by atoms with Crippen molar-refractivity contribution >= 4 is 38.9 Å². The second-order valence-electron chi connectivity index (χ2n) is 3.84. The first-order valence-electron chi connectivity index (χ1n) is 5.08. The van der Waals surface area contributed by atoms with Crippen molar-refractivity contribution in [1.82, 2.24) is 4.90 Å². The first-order valence-corrected chi connectivity index (χ1v) is 7.07. The molecule has 1 aliphatic heterocycles. The van der Waals surface area contributed by atoms with Crippen LogP contribution in [-0.2, 0) is 6.54 Å². The molecule has 0 spiro atoms. The highest BCUT2D eigenvalue weighted by Gasteiger charge is 2.23. The normalized spacial score (nSPS) is 22.5. The smallest absolute Gasteiger partial charge is 0.107 e. The fraction of sp³-hybridized carbons (Fsp3) is 0.600. The molecule has 1 aromatic rings. The van der Waals surface area contributed by atoms with Gasteiger partial charge in [-0.05, 0) is 41.4 Å². The highest BCUT2D eigenvalue weighted by molar-refractivity contribution is 9.10. The number of nitrogens with zero attached hydrogens (tertiary/aromatic N) is 1. The van der Waals surface area contributed by atoms with E-state index >= 15 is 0 Å². The minimum Gasteiger partial charge on any atom is -0.329 e. The third-order valence-corrected chi connectivity index (χ3v) is 5.29. The Morgan fingerprint density at radius 3 is 3.07 bits per heavy atom. The molecule has 0 radical (unpaired) electrons. The number of thiophene rings is 1. The summed E-state index contributed by atoms with van der Waals surface area (Å²) < 4.78 is 1.85. The van der Waals surface area contributed by atoms with Gasteiger partial charge in [0.1, 0.15) is 4.34 Å². The number of likely N-dealkylation sites (tertiary alicyclic amines) is 1. The third-order valence-electron chi connectivity index (χ3n) is 2.83. The van der Waals surface area contributed by atoms with Gasteiger partial charge < -0.3 is 5.73 Å². The lowest BCUT2D eigenvalue weighted by Crippen LogP contribution is -2.34. The molecule has 1 saturated heterocycles. The quantitative estimate of drug-likeness (QED) is 0.929. The lowest BCUT2D eigenvalue weighted by atomic mass is 10.2. The summed E-state index contributed by atoms with van der Waals surface area (Å²) in [6, 6.07) is 2.67. The van der Waals surface area contributed by atoms with Gasteiger partial charge in [0.2, 0.25) is 0 Å². The van der Waals surface area contributed by atoms with E-state index in [1.807, 2.05) is 0 Å². The molecule has 1 atom stereocenters. The maximum atomic E-state index is 6.01. The second-order valence-corrected chi connectivity index (χ2v) is 6.43. The van der Waals surface area contributed by atoms with Crippen molar-refractivity contribution in [2.45, 2.75) is 25.4 Å². The highest BCUT2D eigenvalue weighted by atomic mass is 79.9. The summed E-state index contributed by atoms with van der Waals surface area (Å²) in [5.41, 5.74) is 5.74. The van der Waals surface area contributed by atoms with Gasteiger partial charge in [0.15, 0.2) is 0 Å². The van der Waals surface area contributed by atoms with E-state index in [2.05, 4.69) is 26.9 Å². The second kappa shape index (κ2) is 5.15. The Labute approximate surface area is 108 Å². The molecule has 2 N–H and O–H groups in total. The van der Waals surface area contributed by atoms with Crippen molar-refractivity contribution < 1.29 is 0 Å². The molecule has 1 aromatic heterocycles. The van der Waals surface area contributed by atoms with Crippen LogP contribution in [0, 0.1) is 0 Å². The minimum atomic E-state index is 0.560. The number of rotatable bonds is 3. The standard InChI is InChI=1S/C10H14BrClN2S/c11-9-4-8(15-10(9)12)6-14-3-1-2-7(14)5-13/h4,7H,1-3,5-6,13H2. The molecule has 2 rings (SSSR count). The van der Waals surface area contributed by atoms with Crippen molar-refractivity contribution in [2.24, 2.45) is 5.73 Å². The van der Waals surface area contributed by atoms with Gasteiger partial charge in [0.05, 0.1) is 0 Å². The molecule has 0 aliphatic carbocycles. The van der Waals surface area contributed by atoms with Gasteiger partial charge in [-0.3, -0.25) is 4.90 Å². The average molecular weight is 310 g/mol. The van der Waals surface area contributed by atoms with Gasteiger partial charge in [0, 0.05) is 28.5 Å². The molecule has 0 aromatic carbocycles. The average Bonchev–Trinajstić information content (AvgIpc) is 2.75. The molecule has 2 nitrogen and oxygen atoms in total. The van der Waals surface area contributed by atoms with E-state index in [1.165, 1.54) is 17.7 Å². The van der Waals surface area contributed by atoms with Crippen LogP contribution in [0.1, 0.15) is 17.7 Å². The summed E-state index contributed by atoms with van der Waals surface area (Å²) in [7, 11) is 0. The molecule has 1 unspecified atom stereocenters. The zero-order valence-electron chi connectivity index (χ0n) is 8.38. The van der Waals surface area contributed by atoms with Crippen molar-refractivity contribution in [2.75, 3.05) is 13.1 Å². The Hall–Kier alpha value is 0.390. The molecule has 1 fully saturated rings. The van der Waals surface area contributed by atoms with Gasteiger partial charge >= 0.3 is 0 Å². The number of halogens is 2. The van der Waals surface area contributed by atoms with E-state index in [0.717, 1.165) is 28.4 Å². The van der Waals surface area contributed by atoms with Crippen LogP contribution >= 0.6 is 38.9 Å². The van der Waals surface area contributed by atoms with E-state index in [9.17, 15) is 0 Å². The van der Waals surface area contributed by atoms with E-state index in [0.29, 0.717) is 6.04 Å². The van der Waals surface area contributed by atoms with Crippen LogP contribution in [0.3, 0.4) is 0 Å². The Morgan fingerprint density at radius 1 is 1.67 bits per heavy atom. The van der Waals surface area contributed by atoms with Gasteiger partial charge in [-0.25, -0.2) is 0 Å². The predicted octanol–water partition coefficient (Wildman–Crippen LogP) is 3.09. The first kappa shape index (κ1) is 11.9. The third kappa shape index (κ3) is 2.74. The van der Waals surface area contributed by atoms with Crippen LogP contribution in [0.15, 0.2) is 10.5 Å². The van der Waals surface area contributed by atoms with Crippen molar-refractivity contribution in [3.05, 3.63) is 19.8 Å². The molecule has 0 bridgehead atoms. The van der Waals surface area contributed by atoms with E-state index < -0.39 is 0 Å². The van der Waals surface area contributed by atoms with Crippen LogP contribution in [0.2, 0.25) is 4.34 Å². The minimum absolute atomic E-state index is 0.560. The molecule has 2 heterocycles. The Morgan fingerprint density at radius 2 is 2.47 bits per heavy atom. The predicted molar refractivity (Wildman–Crippen MR) is 69.5 cm³/mol. The van der Waals surface area contributed by atoms with Crippen LogP contribution in [0.4, 0.5) is 0 Å². The SMILES string of the molecule is NCC1CCCN1Cc1cc(Br)c(Cl)s1. The van der Waals surface area contributed by atoms with Crippen LogP contribution < -0.4 is 5.73 Å². The summed E-state index contributed by atoms with van der Waals surface area (Å²) in [5.74, 6) is 0. The molecule has 5 heteroatoms. The Bertz CT molecular complexity index is 323. The molecule has 0 saturated carbocycles. The first-order chi connectivity index (χ1) is 7.20. The van der Waals surface area contributed by atoms with E-state index in [-0.39, 0.29) is 0 Å². The molecular formula is C10H14BrClN2S. The van der Waals surface area contributed by atoms with Crippen molar-refractivity contribution in [3.63, 3.8) is 0 Å². The Kier molecular flexibility index (Phi) is 4.07. The maximum absolute atomic E-state index is 6.01. The maximum Gasteiger partial charge on any atom is 0.107 e. The topological polar surface area (TPSA) is 29.3 Å². The monoisotopic (exact) mass is 308 g/mol. The molecule has 0 amide bonds. The zero-order chi connectivity index (χ0) is 10.8. The largest absolute Gasteiger partial charge is 0.329 e. The molecular weight excluding hydrogens is 296 g/mol. The van der Waals surface area contributed by atoms with Crippen molar-refractivity contribution in [1.29, 1.82) is 0 Å².